The van der Waals surface area contributed by atoms with Crippen LogP contribution in [0.3, 0.4) is 0 Å². The molecule has 1 aromatic heterocycles. The Hall–Kier alpha value is -2.17. The monoisotopic (exact) mass is 341 g/mol. The molecule has 1 amide bonds. The fourth-order valence-electron chi connectivity index (χ4n) is 5.10. The van der Waals surface area contributed by atoms with Crippen LogP contribution in [0.25, 0.3) is 0 Å². The molecule has 1 aromatic carbocycles. The van der Waals surface area contributed by atoms with Gasteiger partial charge in [0.2, 0.25) is 0 Å². The van der Waals surface area contributed by atoms with Crippen LogP contribution in [0.1, 0.15) is 65.7 Å². The number of rotatable bonds is 4. The molecular formula is C20H24FN3O. The van der Waals surface area contributed by atoms with Crippen molar-refractivity contribution < 1.29 is 9.18 Å². The molecule has 1 N–H and O–H groups in total. The number of hydrogen-bond acceptors (Lipinski definition) is 2. The molecule has 1 heterocycles. The molecule has 3 unspecified atom stereocenters. The molecular weight excluding hydrogens is 317 g/mol. The average molecular weight is 341 g/mol. The summed E-state index contributed by atoms with van der Waals surface area (Å²) in [5.74, 6) is 2.14. The summed E-state index contributed by atoms with van der Waals surface area (Å²) in [6.07, 6.45) is 4.01. The van der Waals surface area contributed by atoms with Crippen LogP contribution < -0.4 is 5.32 Å². The van der Waals surface area contributed by atoms with Crippen molar-refractivity contribution in [2.45, 2.75) is 45.2 Å². The molecule has 5 heteroatoms. The van der Waals surface area contributed by atoms with Crippen LogP contribution in [0.5, 0.6) is 0 Å². The van der Waals surface area contributed by atoms with E-state index in [4.69, 9.17) is 0 Å². The molecule has 0 spiro atoms. The third-order valence-corrected chi connectivity index (χ3v) is 5.92. The maximum Gasteiger partial charge on any atom is 0.259 e. The number of fused-ring (bicyclic) bond motifs is 5. The van der Waals surface area contributed by atoms with Crippen LogP contribution in [0, 0.1) is 11.8 Å². The summed E-state index contributed by atoms with van der Waals surface area (Å²) >= 11 is 0. The van der Waals surface area contributed by atoms with Crippen LogP contribution in [0.15, 0.2) is 24.4 Å². The number of nitrogens with one attached hydrogen (secondary N) is 1. The Labute approximate surface area is 147 Å². The van der Waals surface area contributed by atoms with Crippen molar-refractivity contribution in [1.29, 1.82) is 0 Å². The summed E-state index contributed by atoms with van der Waals surface area (Å²) in [5, 5.41) is 7.05. The van der Waals surface area contributed by atoms with Gasteiger partial charge in [0, 0.05) is 18.9 Å². The largest absolute Gasteiger partial charge is 0.322 e. The maximum atomic E-state index is 13.1. The third-order valence-electron chi connectivity index (χ3n) is 5.92. The van der Waals surface area contributed by atoms with Gasteiger partial charge in [0.15, 0.2) is 0 Å². The molecule has 3 atom stereocenters. The molecule has 1 fully saturated rings. The SMILES string of the molecule is CC(C)C1C2CCC1c1c(NC(=O)c3cn(C)nc3CF)cccc12. The Balaban J connectivity index is 1.67. The minimum absolute atomic E-state index is 0.189. The van der Waals surface area contributed by atoms with Crippen molar-refractivity contribution in [3.05, 3.63) is 46.8 Å². The van der Waals surface area contributed by atoms with E-state index in [0.29, 0.717) is 29.2 Å². The fourth-order valence-corrected chi connectivity index (χ4v) is 5.10. The van der Waals surface area contributed by atoms with Gasteiger partial charge >= 0.3 is 0 Å². The van der Waals surface area contributed by atoms with E-state index in [1.807, 2.05) is 12.1 Å². The highest BCUT2D eigenvalue weighted by molar-refractivity contribution is 6.05. The van der Waals surface area contributed by atoms with E-state index >= 15 is 0 Å². The van der Waals surface area contributed by atoms with Crippen molar-refractivity contribution in [2.24, 2.45) is 18.9 Å². The molecule has 0 saturated heterocycles. The third kappa shape index (κ3) is 2.48. The number of amides is 1. The molecule has 2 aliphatic rings. The van der Waals surface area contributed by atoms with Gasteiger partial charge in [-0.1, -0.05) is 26.0 Å². The Bertz CT molecular complexity index is 826. The van der Waals surface area contributed by atoms with E-state index in [9.17, 15) is 9.18 Å². The summed E-state index contributed by atoms with van der Waals surface area (Å²) in [6, 6.07) is 6.20. The minimum atomic E-state index is -0.739. The number of anilines is 1. The van der Waals surface area contributed by atoms with E-state index in [0.717, 1.165) is 5.69 Å². The topological polar surface area (TPSA) is 46.9 Å². The van der Waals surface area contributed by atoms with Crippen LogP contribution >= 0.6 is 0 Å². The lowest BCUT2D eigenvalue weighted by Gasteiger charge is -2.21. The predicted molar refractivity (Wildman–Crippen MR) is 95.5 cm³/mol. The van der Waals surface area contributed by atoms with E-state index in [1.165, 1.54) is 28.7 Å². The van der Waals surface area contributed by atoms with Gasteiger partial charge in [0.1, 0.15) is 12.4 Å². The number of carbonyl (C=O) groups is 1. The second-order valence-electron chi connectivity index (χ2n) is 7.67. The van der Waals surface area contributed by atoms with Crippen LogP contribution in [0.4, 0.5) is 10.1 Å². The minimum Gasteiger partial charge on any atom is -0.322 e. The fraction of sp³-hybridized carbons (Fsp3) is 0.500. The summed E-state index contributed by atoms with van der Waals surface area (Å²) < 4.78 is 14.6. The van der Waals surface area contributed by atoms with E-state index in [2.05, 4.69) is 30.3 Å². The van der Waals surface area contributed by atoms with E-state index < -0.39 is 6.67 Å². The molecule has 0 radical (unpaired) electrons. The molecule has 132 valence electrons. The Morgan fingerprint density at radius 1 is 1.36 bits per heavy atom. The first kappa shape index (κ1) is 16.3. The van der Waals surface area contributed by atoms with Gasteiger partial charge in [-0.3, -0.25) is 9.48 Å². The highest BCUT2D eigenvalue weighted by Crippen LogP contribution is 2.61. The molecule has 4 nitrogen and oxygen atoms in total. The number of halogens is 1. The molecule has 0 aliphatic heterocycles. The normalized spacial score (nSPS) is 24.0. The van der Waals surface area contributed by atoms with Crippen molar-refractivity contribution in [3.8, 4) is 0 Å². The number of aromatic nitrogens is 2. The smallest absolute Gasteiger partial charge is 0.259 e. The number of benzene rings is 1. The molecule has 2 aromatic rings. The number of carbonyl (C=O) groups excluding carboxylic acids is 1. The molecule has 1 saturated carbocycles. The average Bonchev–Trinajstić information content (AvgIpc) is 3.26. The van der Waals surface area contributed by atoms with Gasteiger partial charge < -0.3 is 5.32 Å². The number of alkyl halides is 1. The van der Waals surface area contributed by atoms with Gasteiger partial charge in [-0.05, 0) is 53.7 Å². The second kappa shape index (κ2) is 5.97. The van der Waals surface area contributed by atoms with Crippen molar-refractivity contribution in [2.75, 3.05) is 5.32 Å². The zero-order valence-corrected chi connectivity index (χ0v) is 14.9. The van der Waals surface area contributed by atoms with Crippen LogP contribution in [0.2, 0.25) is 0 Å². The Morgan fingerprint density at radius 2 is 2.12 bits per heavy atom. The second-order valence-corrected chi connectivity index (χ2v) is 7.67. The van der Waals surface area contributed by atoms with Crippen LogP contribution in [-0.4, -0.2) is 15.7 Å². The van der Waals surface area contributed by atoms with Crippen molar-refractivity contribution >= 4 is 11.6 Å². The molecule has 2 aliphatic carbocycles. The first-order valence-corrected chi connectivity index (χ1v) is 9.04. The maximum absolute atomic E-state index is 13.1. The first-order valence-electron chi connectivity index (χ1n) is 9.04. The molecule has 4 rings (SSSR count). The number of nitrogens with zero attached hydrogens (tertiary/aromatic N) is 2. The van der Waals surface area contributed by atoms with Gasteiger partial charge in [-0.15, -0.1) is 0 Å². The van der Waals surface area contributed by atoms with E-state index in [1.54, 1.807) is 13.2 Å². The summed E-state index contributed by atoms with van der Waals surface area (Å²) in [7, 11) is 1.70. The summed E-state index contributed by atoms with van der Waals surface area (Å²) in [5.41, 5.74) is 4.08. The lowest BCUT2D eigenvalue weighted by atomic mass is 9.85. The lowest BCUT2D eigenvalue weighted by molar-refractivity contribution is 0.102. The number of aryl methyl sites for hydroxylation is 1. The van der Waals surface area contributed by atoms with Gasteiger partial charge in [-0.25, -0.2) is 4.39 Å². The van der Waals surface area contributed by atoms with Crippen molar-refractivity contribution in [1.82, 2.24) is 9.78 Å². The quantitative estimate of drug-likeness (QED) is 0.896. The Kier molecular flexibility index (Phi) is 3.89. The summed E-state index contributed by atoms with van der Waals surface area (Å²) in [6.45, 7) is 3.85. The predicted octanol–water partition coefficient (Wildman–Crippen LogP) is 4.39. The summed E-state index contributed by atoms with van der Waals surface area (Å²) in [4.78, 5) is 12.7. The van der Waals surface area contributed by atoms with Gasteiger partial charge in [-0.2, -0.15) is 5.10 Å². The molecule has 25 heavy (non-hydrogen) atoms. The van der Waals surface area contributed by atoms with Crippen molar-refractivity contribution in [3.63, 3.8) is 0 Å². The van der Waals surface area contributed by atoms with Gasteiger partial charge in [0.05, 0.1) is 5.56 Å². The zero-order chi connectivity index (χ0) is 17.7. The van der Waals surface area contributed by atoms with Gasteiger partial charge in [0.25, 0.3) is 5.91 Å². The van der Waals surface area contributed by atoms with Crippen LogP contribution in [-0.2, 0) is 13.7 Å². The Morgan fingerprint density at radius 3 is 2.84 bits per heavy atom. The highest BCUT2D eigenvalue weighted by atomic mass is 19.1. The first-order chi connectivity index (χ1) is 12.0. The number of hydrogen-bond donors (Lipinski definition) is 1. The molecule has 2 bridgehead atoms. The highest BCUT2D eigenvalue weighted by Gasteiger charge is 2.47. The lowest BCUT2D eigenvalue weighted by Crippen LogP contribution is -2.16. The van der Waals surface area contributed by atoms with E-state index in [-0.39, 0.29) is 11.6 Å². The standard InChI is InChI=1S/C20H24FN3O/c1-11(2)18-13-7-8-14(18)19-12(13)5-4-6-16(19)22-20(25)15-10-24(3)23-17(15)9-21/h4-6,10-11,13-14,18H,7-9H2,1-3H3,(H,22,25). The zero-order valence-electron chi connectivity index (χ0n) is 14.9.